The zero-order valence-electron chi connectivity index (χ0n) is 22.9. The number of hydrogen-bond donors (Lipinski definition) is 1. The predicted molar refractivity (Wildman–Crippen MR) is 158 cm³/mol. The third kappa shape index (κ3) is 7.85. The van der Waals surface area contributed by atoms with Crippen molar-refractivity contribution in [3.63, 3.8) is 0 Å². The first-order valence-electron chi connectivity index (χ1n) is 13.7. The van der Waals surface area contributed by atoms with Gasteiger partial charge >= 0.3 is 5.97 Å². The maximum Gasteiger partial charge on any atom is 0.338 e. The van der Waals surface area contributed by atoms with Crippen LogP contribution in [-0.2, 0) is 32.2 Å². The molecule has 7 heteroatoms. The second-order valence-electron chi connectivity index (χ2n) is 9.91. The van der Waals surface area contributed by atoms with Crippen LogP contribution in [0.15, 0.2) is 120 Å². The lowest BCUT2D eigenvalue weighted by atomic mass is 9.99. The van der Waals surface area contributed by atoms with Crippen LogP contribution in [0.25, 0.3) is 0 Å². The summed E-state index contributed by atoms with van der Waals surface area (Å²) in [7, 11) is 0. The minimum Gasteiger partial charge on any atom is -0.452 e. The summed E-state index contributed by atoms with van der Waals surface area (Å²) in [6.07, 6.45) is -2.96. The molecule has 5 rings (SSSR count). The number of carbonyl (C=O) groups excluding carboxylic acids is 1. The molecule has 1 saturated heterocycles. The molecule has 1 heterocycles. The molecule has 212 valence electrons. The van der Waals surface area contributed by atoms with E-state index in [-0.39, 0.29) is 19.8 Å². The van der Waals surface area contributed by atoms with E-state index in [0.717, 1.165) is 21.6 Å². The number of carbonyl (C=O) groups is 1. The Bertz CT molecular complexity index is 1350. The van der Waals surface area contributed by atoms with Crippen molar-refractivity contribution < 1.29 is 28.8 Å². The summed E-state index contributed by atoms with van der Waals surface area (Å²) in [6, 6.07) is 36.5. The Labute approximate surface area is 245 Å². The number of ether oxygens (including phenoxy) is 4. The number of hydrogen-bond acceptors (Lipinski definition) is 7. The molecule has 1 N–H and O–H groups in total. The van der Waals surface area contributed by atoms with Gasteiger partial charge in [0.1, 0.15) is 23.7 Å². The summed E-state index contributed by atoms with van der Waals surface area (Å²) >= 11 is 1.43. The van der Waals surface area contributed by atoms with E-state index in [0.29, 0.717) is 5.56 Å². The molecule has 4 aromatic rings. The summed E-state index contributed by atoms with van der Waals surface area (Å²) in [5.74, 6) is -0.480. The monoisotopic (exact) mass is 570 g/mol. The third-order valence-corrected chi connectivity index (χ3v) is 8.02. The van der Waals surface area contributed by atoms with Crippen molar-refractivity contribution in [1.29, 1.82) is 0 Å². The van der Waals surface area contributed by atoms with Gasteiger partial charge in [-0.1, -0.05) is 108 Å². The lowest BCUT2D eigenvalue weighted by Crippen LogP contribution is -2.60. The quantitative estimate of drug-likeness (QED) is 0.215. The molecule has 4 aromatic carbocycles. The minimum absolute atomic E-state index is 0.274. The molecular formula is C34H34O6S. The SMILES string of the molecule is Cc1ccc(S[C@@H]2O[C@H](CO)[C@@H](OCc3ccccc3)[C@H](OCc3ccccc3)[C@H]2OC(=O)c2ccccc2)cc1. The number of aliphatic hydroxyl groups excluding tert-OH is 1. The van der Waals surface area contributed by atoms with Crippen LogP contribution in [-0.4, -0.2) is 47.5 Å². The van der Waals surface area contributed by atoms with E-state index in [2.05, 4.69) is 0 Å². The van der Waals surface area contributed by atoms with Gasteiger partial charge in [-0.05, 0) is 42.3 Å². The van der Waals surface area contributed by atoms with Crippen LogP contribution in [0.1, 0.15) is 27.0 Å². The first-order chi connectivity index (χ1) is 20.1. The number of benzene rings is 4. The number of esters is 1. The fourth-order valence-electron chi connectivity index (χ4n) is 4.69. The van der Waals surface area contributed by atoms with Crippen molar-refractivity contribution in [3.8, 4) is 0 Å². The van der Waals surface area contributed by atoms with Gasteiger partial charge in [0.05, 0.1) is 25.4 Å². The van der Waals surface area contributed by atoms with Crippen LogP contribution in [0, 0.1) is 6.92 Å². The Kier molecular flexibility index (Phi) is 10.2. The summed E-state index contributed by atoms with van der Waals surface area (Å²) in [5, 5.41) is 10.5. The predicted octanol–water partition coefficient (Wildman–Crippen LogP) is 6.20. The third-order valence-electron chi connectivity index (χ3n) is 6.87. The number of aliphatic hydroxyl groups is 1. The van der Waals surface area contributed by atoms with Gasteiger partial charge < -0.3 is 24.1 Å². The number of rotatable bonds is 11. The molecule has 0 aromatic heterocycles. The zero-order chi connectivity index (χ0) is 28.4. The fraction of sp³-hybridized carbons (Fsp3) is 0.265. The summed E-state index contributed by atoms with van der Waals surface area (Å²) in [5.41, 5.74) is 2.86. The van der Waals surface area contributed by atoms with Gasteiger partial charge in [-0.25, -0.2) is 4.79 Å². The molecule has 0 radical (unpaired) electrons. The van der Waals surface area contributed by atoms with Crippen LogP contribution < -0.4 is 0 Å². The topological polar surface area (TPSA) is 74.2 Å². The molecule has 0 aliphatic carbocycles. The highest BCUT2D eigenvalue weighted by atomic mass is 32.2. The second-order valence-corrected chi connectivity index (χ2v) is 11.1. The highest BCUT2D eigenvalue weighted by Crippen LogP contribution is 2.38. The van der Waals surface area contributed by atoms with Crippen LogP contribution in [0.5, 0.6) is 0 Å². The van der Waals surface area contributed by atoms with Gasteiger partial charge in [-0.2, -0.15) is 0 Å². The summed E-state index contributed by atoms with van der Waals surface area (Å²) in [6.45, 7) is 2.30. The molecule has 0 bridgehead atoms. The van der Waals surface area contributed by atoms with E-state index in [4.69, 9.17) is 18.9 Å². The Morgan fingerprint density at radius 2 is 1.27 bits per heavy atom. The van der Waals surface area contributed by atoms with E-state index in [1.807, 2.05) is 97.9 Å². The van der Waals surface area contributed by atoms with Crippen LogP contribution in [0.4, 0.5) is 0 Å². The number of aryl methyl sites for hydroxylation is 1. The molecule has 0 spiro atoms. The molecule has 1 fully saturated rings. The molecule has 6 nitrogen and oxygen atoms in total. The molecule has 0 saturated carbocycles. The highest BCUT2D eigenvalue weighted by Gasteiger charge is 2.50. The first kappa shape index (κ1) is 29.0. The van der Waals surface area contributed by atoms with Crippen molar-refractivity contribution in [2.75, 3.05) is 6.61 Å². The fourth-order valence-corrected chi connectivity index (χ4v) is 5.79. The normalized spacial score (nSPS) is 22.2. The lowest BCUT2D eigenvalue weighted by Gasteiger charge is -2.45. The maximum absolute atomic E-state index is 13.4. The van der Waals surface area contributed by atoms with E-state index in [1.54, 1.807) is 24.3 Å². The van der Waals surface area contributed by atoms with Crippen molar-refractivity contribution in [1.82, 2.24) is 0 Å². The maximum atomic E-state index is 13.4. The average molecular weight is 571 g/mol. The zero-order valence-corrected chi connectivity index (χ0v) is 23.7. The van der Waals surface area contributed by atoms with E-state index in [9.17, 15) is 9.90 Å². The number of thioether (sulfide) groups is 1. The Morgan fingerprint density at radius 1 is 0.732 bits per heavy atom. The smallest absolute Gasteiger partial charge is 0.338 e. The molecule has 41 heavy (non-hydrogen) atoms. The van der Waals surface area contributed by atoms with Gasteiger partial charge in [0, 0.05) is 4.90 Å². The molecule has 0 unspecified atom stereocenters. The van der Waals surface area contributed by atoms with Crippen molar-refractivity contribution in [2.24, 2.45) is 0 Å². The lowest BCUT2D eigenvalue weighted by molar-refractivity contribution is -0.239. The minimum atomic E-state index is -0.832. The molecule has 1 aliphatic heterocycles. The van der Waals surface area contributed by atoms with Gasteiger partial charge in [0.2, 0.25) is 0 Å². The van der Waals surface area contributed by atoms with Crippen LogP contribution >= 0.6 is 11.8 Å². The van der Waals surface area contributed by atoms with E-state index < -0.39 is 35.8 Å². The van der Waals surface area contributed by atoms with Gasteiger partial charge in [0.15, 0.2) is 6.10 Å². The first-order valence-corrected chi connectivity index (χ1v) is 14.6. The Balaban J connectivity index is 1.48. The van der Waals surface area contributed by atoms with Crippen molar-refractivity contribution in [2.45, 2.75) is 54.9 Å². The summed E-state index contributed by atoms with van der Waals surface area (Å²) < 4.78 is 25.6. The average Bonchev–Trinajstić information content (AvgIpc) is 3.02. The van der Waals surface area contributed by atoms with Crippen molar-refractivity contribution >= 4 is 17.7 Å². The van der Waals surface area contributed by atoms with E-state index >= 15 is 0 Å². The summed E-state index contributed by atoms with van der Waals surface area (Å²) in [4.78, 5) is 14.3. The van der Waals surface area contributed by atoms with Crippen molar-refractivity contribution in [3.05, 3.63) is 138 Å². The molecule has 0 amide bonds. The Hall–Kier alpha value is -3.46. The Morgan fingerprint density at radius 3 is 1.83 bits per heavy atom. The molecular weight excluding hydrogens is 536 g/mol. The van der Waals surface area contributed by atoms with Crippen LogP contribution in [0.3, 0.4) is 0 Å². The van der Waals surface area contributed by atoms with Gasteiger partial charge in [0.25, 0.3) is 0 Å². The van der Waals surface area contributed by atoms with Gasteiger partial charge in [-0.15, -0.1) is 0 Å². The molecule has 5 atom stereocenters. The van der Waals surface area contributed by atoms with Crippen LogP contribution in [0.2, 0.25) is 0 Å². The highest BCUT2D eigenvalue weighted by molar-refractivity contribution is 7.99. The standard InChI is InChI=1S/C34H34O6S/c1-24-17-19-28(20-18-24)41-34-32(40-33(36)27-15-9-4-10-16-27)31(38-23-26-13-7-3-8-14-26)30(29(21-35)39-34)37-22-25-11-5-2-6-12-25/h2-20,29-32,34-35H,21-23H2,1H3/t29-,30-,31+,32-,34+/m1/s1. The van der Waals surface area contributed by atoms with Gasteiger partial charge in [-0.3, -0.25) is 0 Å². The second kappa shape index (κ2) is 14.4. The van der Waals surface area contributed by atoms with E-state index in [1.165, 1.54) is 11.8 Å². The largest absolute Gasteiger partial charge is 0.452 e. The molecule has 1 aliphatic rings.